The first-order chi connectivity index (χ1) is 23.0. The monoisotopic (exact) mass is 744 g/mol. The molecule has 0 spiro atoms. The Balaban J connectivity index is 0.000000216. The first-order valence-corrected chi connectivity index (χ1v) is 15.4. The van der Waals surface area contributed by atoms with Gasteiger partial charge in [-0.2, -0.15) is 0 Å². The molecular weight excluding hydrogens is 717 g/mol. The molecule has 49 heavy (non-hydrogen) atoms. The van der Waals surface area contributed by atoms with Gasteiger partial charge >= 0.3 is 19.5 Å². The molecule has 0 aliphatic heterocycles. The fourth-order valence-corrected chi connectivity index (χ4v) is 5.28. The van der Waals surface area contributed by atoms with Crippen LogP contribution in [0.25, 0.3) is 11.4 Å². The summed E-state index contributed by atoms with van der Waals surface area (Å²) in [5.74, 6) is -0.389. The number of benzene rings is 4. The summed E-state index contributed by atoms with van der Waals surface area (Å²) in [4.78, 5) is 33.9. The number of rotatable bonds is 6. The molecule has 0 aliphatic carbocycles. The van der Waals surface area contributed by atoms with Crippen molar-refractivity contribution in [3.8, 4) is 22.9 Å². The summed E-state index contributed by atoms with van der Waals surface area (Å²) in [6.45, 7) is 3.62. The topological polar surface area (TPSA) is 125 Å². The van der Waals surface area contributed by atoms with E-state index < -0.39 is 0 Å². The molecule has 0 bridgehead atoms. The Kier molecular flexibility index (Phi) is 12.0. The second kappa shape index (κ2) is 16.0. The van der Waals surface area contributed by atoms with Crippen molar-refractivity contribution in [2.75, 3.05) is 0 Å². The van der Waals surface area contributed by atoms with Crippen molar-refractivity contribution in [1.82, 2.24) is 18.7 Å². The molecule has 244 valence electrons. The molecule has 6 aromatic rings. The third kappa shape index (κ3) is 8.03. The number of hydrogen-bond acceptors (Lipinski definition) is 6. The van der Waals surface area contributed by atoms with Gasteiger partial charge in [0.1, 0.15) is 0 Å². The van der Waals surface area contributed by atoms with E-state index in [0.717, 1.165) is 11.4 Å². The van der Waals surface area contributed by atoms with Crippen LogP contribution in [0.2, 0.25) is 10.0 Å². The second-order valence-electron chi connectivity index (χ2n) is 10.7. The van der Waals surface area contributed by atoms with Crippen LogP contribution in [0, 0.1) is 13.8 Å². The molecule has 2 heterocycles. The minimum absolute atomic E-state index is 0. The number of aliphatic imine (C=N–C) groups is 2. The van der Waals surface area contributed by atoms with Gasteiger partial charge in [-0.1, -0.05) is 83.2 Å². The zero-order valence-electron chi connectivity index (χ0n) is 27.2. The maximum atomic E-state index is 12.7. The van der Waals surface area contributed by atoms with Crippen LogP contribution < -0.4 is 21.3 Å². The van der Waals surface area contributed by atoms with Gasteiger partial charge in [0.05, 0.1) is 22.8 Å². The third-order valence-electron chi connectivity index (χ3n) is 7.66. The smallest absolute Gasteiger partial charge is 0.872 e. The van der Waals surface area contributed by atoms with Crippen LogP contribution >= 0.6 is 23.2 Å². The van der Waals surface area contributed by atoms with E-state index in [1.807, 2.05) is 74.5 Å². The van der Waals surface area contributed by atoms with Crippen LogP contribution in [0.15, 0.2) is 117 Å². The molecule has 6 rings (SSSR count). The van der Waals surface area contributed by atoms with Crippen molar-refractivity contribution in [3.05, 3.63) is 150 Å². The fourth-order valence-electron chi connectivity index (χ4n) is 4.91. The van der Waals surface area contributed by atoms with Gasteiger partial charge < -0.3 is 10.2 Å². The Hall–Kier alpha value is -4.96. The van der Waals surface area contributed by atoms with Crippen LogP contribution in [0.1, 0.15) is 22.5 Å². The molecule has 0 saturated carbocycles. The number of aromatic nitrogens is 4. The molecule has 0 unspecified atom stereocenters. The first kappa shape index (κ1) is 36.9. The van der Waals surface area contributed by atoms with Crippen LogP contribution in [-0.4, -0.2) is 31.2 Å². The van der Waals surface area contributed by atoms with Gasteiger partial charge in [0.25, 0.3) is 11.1 Å². The Morgan fingerprint density at radius 3 is 1.29 bits per heavy atom. The molecule has 2 aromatic heterocycles. The van der Waals surface area contributed by atoms with E-state index in [2.05, 4.69) is 9.98 Å². The second-order valence-corrected chi connectivity index (χ2v) is 11.6. The molecule has 0 atom stereocenters. The van der Waals surface area contributed by atoms with Crippen molar-refractivity contribution in [2.45, 2.75) is 13.8 Å². The maximum Gasteiger partial charge on any atom is 2.00 e. The van der Waals surface area contributed by atoms with Crippen LogP contribution in [0.5, 0.6) is 11.5 Å². The van der Waals surface area contributed by atoms with Crippen LogP contribution in [-0.2, 0) is 33.6 Å². The van der Waals surface area contributed by atoms with Gasteiger partial charge in [-0.25, -0.2) is 19.3 Å². The number of hydrogen-bond donors (Lipinski definition) is 0. The SMILES string of the molecule is Cc1c(N=Cc2cc(Cl)ccc2[O-])c(=O)n(-c2ccccc2)n1C.Cc1c(N=Cc2cc(Cl)ccc2[O-])c(=O)n(-c2ccccc2)n1C.[Zn+2]. The fraction of sp³-hybridized carbons (Fsp3) is 0.111. The minimum atomic E-state index is -0.244. The molecule has 0 amide bonds. The Morgan fingerprint density at radius 2 is 0.939 bits per heavy atom. The molecule has 10 nitrogen and oxygen atoms in total. The Bertz CT molecular complexity index is 2110. The summed E-state index contributed by atoms with van der Waals surface area (Å²) >= 11 is 11.8. The zero-order valence-corrected chi connectivity index (χ0v) is 31.7. The summed E-state index contributed by atoms with van der Waals surface area (Å²) in [6, 6.07) is 27.5. The quantitative estimate of drug-likeness (QED) is 0.155. The Morgan fingerprint density at radius 1 is 0.592 bits per heavy atom. The minimum Gasteiger partial charge on any atom is -0.872 e. The molecule has 0 fully saturated rings. The molecule has 13 heteroatoms. The van der Waals surface area contributed by atoms with Crippen molar-refractivity contribution in [3.63, 3.8) is 0 Å². The van der Waals surface area contributed by atoms with Gasteiger partial charge in [0, 0.05) is 36.6 Å². The summed E-state index contributed by atoms with van der Waals surface area (Å²) in [6.07, 6.45) is 2.76. The van der Waals surface area contributed by atoms with Crippen molar-refractivity contribution >= 4 is 47.0 Å². The van der Waals surface area contributed by atoms with E-state index >= 15 is 0 Å². The van der Waals surface area contributed by atoms with Crippen molar-refractivity contribution in [2.24, 2.45) is 24.1 Å². The normalized spacial score (nSPS) is 11.1. The van der Waals surface area contributed by atoms with Crippen LogP contribution in [0.3, 0.4) is 0 Å². The van der Waals surface area contributed by atoms with E-state index in [1.165, 1.54) is 58.2 Å². The summed E-state index contributed by atoms with van der Waals surface area (Å²) in [5, 5.41) is 24.5. The number of halogens is 2. The van der Waals surface area contributed by atoms with Gasteiger partial charge in [0.15, 0.2) is 11.4 Å². The van der Waals surface area contributed by atoms with Gasteiger partial charge in [-0.05, 0) is 73.5 Å². The van der Waals surface area contributed by atoms with E-state index in [4.69, 9.17) is 23.2 Å². The maximum absolute atomic E-state index is 12.7. The number of para-hydroxylation sites is 2. The van der Waals surface area contributed by atoms with Gasteiger partial charge in [0.2, 0.25) is 0 Å². The third-order valence-corrected chi connectivity index (χ3v) is 8.13. The average Bonchev–Trinajstić information content (AvgIpc) is 3.43. The predicted molar refractivity (Wildman–Crippen MR) is 188 cm³/mol. The standard InChI is InChI=1S/2C18H16ClN3O2.Zn/c2*1-12-17(20-11-13-10-14(19)8-9-16(13)23)18(24)22(21(12)2)15-6-4-3-5-7-15;/h2*3-11,23H,1-2H3;/q;;+2/p-2. The van der Waals surface area contributed by atoms with Gasteiger partial charge in [-0.15, -0.1) is 0 Å². The van der Waals surface area contributed by atoms with E-state index in [-0.39, 0.29) is 42.1 Å². The molecular formula is C36H30Cl2N6O4Zn. The molecule has 0 N–H and O–H groups in total. The van der Waals surface area contributed by atoms with Gasteiger partial charge in [-0.3, -0.25) is 19.0 Å². The average molecular weight is 747 g/mol. The number of nitrogens with zero attached hydrogens (tertiary/aromatic N) is 6. The summed E-state index contributed by atoms with van der Waals surface area (Å²) < 4.78 is 6.55. The summed E-state index contributed by atoms with van der Waals surface area (Å²) in [5.41, 5.74) is 3.70. The first-order valence-electron chi connectivity index (χ1n) is 14.7. The Labute approximate surface area is 305 Å². The van der Waals surface area contributed by atoms with Crippen LogP contribution in [0.4, 0.5) is 11.4 Å². The molecule has 0 radical (unpaired) electrons. The molecule has 0 saturated heterocycles. The largest absolute Gasteiger partial charge is 2.00 e. The van der Waals surface area contributed by atoms with Crippen molar-refractivity contribution in [1.29, 1.82) is 0 Å². The van der Waals surface area contributed by atoms with E-state index in [9.17, 15) is 19.8 Å². The van der Waals surface area contributed by atoms with Crippen molar-refractivity contribution < 1.29 is 29.7 Å². The molecule has 4 aromatic carbocycles. The van der Waals surface area contributed by atoms with E-state index in [0.29, 0.717) is 43.9 Å². The van der Waals surface area contributed by atoms with E-state index in [1.54, 1.807) is 23.5 Å². The summed E-state index contributed by atoms with van der Waals surface area (Å²) in [7, 11) is 3.59. The zero-order chi connectivity index (χ0) is 34.5. The molecule has 0 aliphatic rings. The predicted octanol–water partition coefficient (Wildman–Crippen LogP) is 5.92.